The molecule has 13 N–H and O–H groups in total. The van der Waals surface area contributed by atoms with E-state index >= 15 is 0 Å². The van der Waals surface area contributed by atoms with E-state index in [2.05, 4.69) is 41.9 Å². The topological polar surface area (TPSA) is 327 Å². The first-order chi connectivity index (χ1) is 27.8. The van der Waals surface area contributed by atoms with Gasteiger partial charge < -0.3 is 63.0 Å². The molecule has 0 unspecified atom stereocenters. The van der Waals surface area contributed by atoms with Gasteiger partial charge in [0.25, 0.3) is 0 Å². The molecule has 2 aromatic rings. The van der Waals surface area contributed by atoms with Crippen LogP contribution in [0.25, 0.3) is 0 Å². The van der Waals surface area contributed by atoms with E-state index < -0.39 is 102 Å². The molecule has 21 heteroatoms. The first kappa shape index (κ1) is 49.9. The molecule has 0 spiro atoms. The highest BCUT2D eigenvalue weighted by Gasteiger charge is 2.36. The third-order valence-corrected chi connectivity index (χ3v) is 9.67. The van der Waals surface area contributed by atoms with Gasteiger partial charge in [-0.15, -0.1) is 0 Å². The van der Waals surface area contributed by atoms with E-state index in [-0.39, 0.29) is 37.4 Å². The Morgan fingerprint density at radius 2 is 1.29 bits per heavy atom. The SMILES string of the molecule is CSCC[C@H](NC(=O)[C@@H](NC(=O)[C@@H](N)Cc1cnc[nH]1)C(C)C)C(=O)N[C@H](C(=O)N[C@@H](Cc1ccc(O)cc1)C(=O)N[C@@H](CC(C)C)C(=O)N[C@@H](CO)C(=O)O)[C@@H](C)O. The molecule has 20 nitrogen and oxygen atoms in total. The molecule has 2 rings (SSSR count). The van der Waals surface area contributed by atoms with Crippen LogP contribution < -0.4 is 37.6 Å². The normalized spacial score (nSPS) is 15.4. The van der Waals surface area contributed by atoms with Crippen LogP contribution in [0.15, 0.2) is 36.8 Å². The zero-order valence-corrected chi connectivity index (χ0v) is 34.9. The molecule has 1 heterocycles. The molecule has 1 aromatic carbocycles. The number of carboxylic acid groups (broad SMARTS) is 1. The van der Waals surface area contributed by atoms with E-state index in [4.69, 9.17) is 5.73 Å². The standard InChI is InChI=1S/C38H59N9O11S/c1-19(2)13-27(34(53)45-29(17-48)38(57)58)43-35(54)28(14-22-7-9-24(50)10-8-22)44-37(56)31(21(5)49)47-33(52)26(11-12-59-6)42-36(55)30(20(3)4)46-32(51)25(39)15-23-16-40-18-41-23/h7-10,16,18-21,25-31,48-50H,11-15,17,39H2,1-6H3,(H,40,41)(H,42,55)(H,43,54)(H,44,56)(H,45,53)(H,46,51)(H,47,52)(H,57,58)/t21-,25+,26+,27+,28+,29+,30+,31+/m1/s1. The number of aromatic nitrogens is 2. The Labute approximate surface area is 347 Å². The van der Waals surface area contributed by atoms with Crippen molar-refractivity contribution in [2.45, 2.75) is 109 Å². The van der Waals surface area contributed by atoms with E-state index in [1.54, 1.807) is 34.0 Å². The molecule has 0 bridgehead atoms. The molecule has 0 saturated carbocycles. The van der Waals surface area contributed by atoms with E-state index in [0.717, 1.165) is 0 Å². The highest BCUT2D eigenvalue weighted by Crippen LogP contribution is 2.14. The van der Waals surface area contributed by atoms with Gasteiger partial charge in [0.15, 0.2) is 0 Å². The highest BCUT2D eigenvalue weighted by molar-refractivity contribution is 7.98. The summed E-state index contributed by atoms with van der Waals surface area (Å²) in [6, 6.07) is -3.70. The lowest BCUT2D eigenvalue weighted by Crippen LogP contribution is -2.62. The fourth-order valence-electron chi connectivity index (χ4n) is 5.72. The molecule has 0 radical (unpaired) electrons. The number of aromatic hydroxyl groups is 1. The van der Waals surface area contributed by atoms with Crippen LogP contribution in [-0.4, -0.2) is 139 Å². The number of aliphatic hydroxyl groups is 2. The molecule has 328 valence electrons. The van der Waals surface area contributed by atoms with Gasteiger partial charge in [0.1, 0.15) is 42.0 Å². The van der Waals surface area contributed by atoms with E-state index in [9.17, 15) is 54.0 Å². The van der Waals surface area contributed by atoms with Gasteiger partial charge in [0.05, 0.1) is 25.1 Å². The monoisotopic (exact) mass is 849 g/mol. The lowest BCUT2D eigenvalue weighted by atomic mass is 10.00. The minimum Gasteiger partial charge on any atom is -0.508 e. The number of aliphatic carboxylic acids is 1. The summed E-state index contributed by atoms with van der Waals surface area (Å²) in [5.41, 5.74) is 7.15. The molecule has 0 saturated heterocycles. The van der Waals surface area contributed by atoms with E-state index in [0.29, 0.717) is 17.0 Å². The summed E-state index contributed by atoms with van der Waals surface area (Å²) in [5.74, 6) is -6.72. The number of imidazole rings is 1. The van der Waals surface area contributed by atoms with Crippen LogP contribution >= 0.6 is 11.8 Å². The van der Waals surface area contributed by atoms with Crippen LogP contribution in [0.4, 0.5) is 0 Å². The number of carbonyl (C=O) groups excluding carboxylic acids is 6. The fraction of sp³-hybridized carbons (Fsp3) is 0.579. The van der Waals surface area contributed by atoms with Gasteiger partial charge in [-0.25, -0.2) is 9.78 Å². The van der Waals surface area contributed by atoms with Crippen molar-refractivity contribution in [3.05, 3.63) is 48.0 Å². The van der Waals surface area contributed by atoms with Crippen LogP contribution in [-0.2, 0) is 46.4 Å². The third-order valence-electron chi connectivity index (χ3n) is 9.03. The number of aromatic amines is 1. The largest absolute Gasteiger partial charge is 0.508 e. The van der Waals surface area contributed by atoms with Crippen molar-refractivity contribution in [2.24, 2.45) is 17.6 Å². The Hall–Kier alpha value is -5.25. The number of phenolic OH excluding ortho intramolecular Hbond substituents is 1. The quantitative estimate of drug-likeness (QED) is 0.0517. The average Bonchev–Trinajstić information content (AvgIpc) is 3.68. The number of nitrogens with zero attached hydrogens (tertiary/aromatic N) is 1. The van der Waals surface area contributed by atoms with Gasteiger partial charge in [-0.05, 0) is 61.3 Å². The molecular weight excluding hydrogens is 791 g/mol. The molecule has 59 heavy (non-hydrogen) atoms. The van der Waals surface area contributed by atoms with Crippen LogP contribution in [0.3, 0.4) is 0 Å². The molecule has 1 aromatic heterocycles. The number of hydrogen-bond donors (Lipinski definition) is 12. The predicted octanol–water partition coefficient (Wildman–Crippen LogP) is -1.95. The fourth-order valence-corrected chi connectivity index (χ4v) is 6.19. The van der Waals surface area contributed by atoms with Crippen LogP contribution in [0.5, 0.6) is 5.75 Å². The maximum atomic E-state index is 13.9. The van der Waals surface area contributed by atoms with Crippen molar-refractivity contribution >= 4 is 53.2 Å². The second-order valence-electron chi connectivity index (χ2n) is 14.9. The zero-order chi connectivity index (χ0) is 44.4. The Balaban J connectivity index is 2.33. The van der Waals surface area contributed by atoms with Gasteiger partial charge in [-0.1, -0.05) is 39.8 Å². The van der Waals surface area contributed by atoms with Gasteiger partial charge >= 0.3 is 5.97 Å². The van der Waals surface area contributed by atoms with E-state index in [1.165, 1.54) is 55.5 Å². The summed E-state index contributed by atoms with van der Waals surface area (Å²) in [7, 11) is 0. The Bertz CT molecular complexity index is 1690. The number of thioether (sulfide) groups is 1. The van der Waals surface area contributed by atoms with Crippen molar-refractivity contribution in [3.8, 4) is 5.75 Å². The van der Waals surface area contributed by atoms with Crippen molar-refractivity contribution in [1.29, 1.82) is 0 Å². The molecule has 0 aliphatic rings. The van der Waals surface area contributed by atoms with Crippen molar-refractivity contribution < 1.29 is 54.0 Å². The van der Waals surface area contributed by atoms with Crippen LogP contribution in [0, 0.1) is 11.8 Å². The first-order valence-electron chi connectivity index (χ1n) is 19.1. The second kappa shape index (κ2) is 24.6. The first-order valence-corrected chi connectivity index (χ1v) is 20.5. The summed E-state index contributed by atoms with van der Waals surface area (Å²) >= 11 is 1.38. The molecule has 0 aliphatic heterocycles. The second-order valence-corrected chi connectivity index (χ2v) is 15.9. The Morgan fingerprint density at radius 3 is 1.81 bits per heavy atom. The van der Waals surface area contributed by atoms with Crippen LogP contribution in [0.1, 0.15) is 58.7 Å². The van der Waals surface area contributed by atoms with Gasteiger partial charge in [-0.3, -0.25) is 28.8 Å². The number of nitrogens with one attached hydrogen (secondary N) is 7. The summed E-state index contributed by atoms with van der Waals surface area (Å²) in [6.45, 7) is 7.22. The molecule has 6 amide bonds. The average molecular weight is 850 g/mol. The van der Waals surface area contributed by atoms with Crippen molar-refractivity contribution in [2.75, 3.05) is 18.6 Å². The number of aliphatic hydroxyl groups excluding tert-OH is 2. The number of carboxylic acids is 1. The molecular formula is C38H59N9O11S. The number of amides is 6. The van der Waals surface area contributed by atoms with E-state index in [1.807, 2.05) is 0 Å². The third kappa shape index (κ3) is 16.9. The number of benzene rings is 1. The lowest BCUT2D eigenvalue weighted by molar-refractivity contribution is -0.143. The van der Waals surface area contributed by atoms with Crippen molar-refractivity contribution in [3.63, 3.8) is 0 Å². The summed E-state index contributed by atoms with van der Waals surface area (Å²) in [4.78, 5) is 99.4. The van der Waals surface area contributed by atoms with Crippen LogP contribution in [0.2, 0.25) is 0 Å². The summed E-state index contributed by atoms with van der Waals surface area (Å²) < 4.78 is 0. The van der Waals surface area contributed by atoms with Gasteiger partial charge in [-0.2, -0.15) is 11.8 Å². The highest BCUT2D eigenvalue weighted by atomic mass is 32.2. The smallest absolute Gasteiger partial charge is 0.328 e. The molecule has 0 aliphatic carbocycles. The number of phenols is 1. The summed E-state index contributed by atoms with van der Waals surface area (Å²) in [5, 5.41) is 54.3. The maximum absolute atomic E-state index is 13.9. The minimum atomic E-state index is -1.66. The zero-order valence-electron chi connectivity index (χ0n) is 34.1. The Kier molecular flexibility index (Phi) is 20.8. The number of carbonyl (C=O) groups is 7. The number of rotatable bonds is 25. The predicted molar refractivity (Wildman–Crippen MR) is 217 cm³/mol. The molecule has 8 atom stereocenters. The van der Waals surface area contributed by atoms with Crippen molar-refractivity contribution in [1.82, 2.24) is 41.9 Å². The molecule has 0 fully saturated rings. The Morgan fingerprint density at radius 1 is 0.746 bits per heavy atom. The minimum absolute atomic E-state index is 0.0457. The number of hydrogen-bond acceptors (Lipinski definition) is 13. The lowest BCUT2D eigenvalue weighted by Gasteiger charge is -2.29. The maximum Gasteiger partial charge on any atom is 0.328 e. The van der Waals surface area contributed by atoms with Gasteiger partial charge in [0.2, 0.25) is 35.4 Å². The number of H-pyrrole nitrogens is 1. The summed E-state index contributed by atoms with van der Waals surface area (Å²) in [6.07, 6.45) is 3.29. The van der Waals surface area contributed by atoms with Gasteiger partial charge in [0, 0.05) is 24.7 Å². The number of nitrogens with two attached hydrogens (primary N) is 1.